The summed E-state index contributed by atoms with van der Waals surface area (Å²) in [7, 11) is 0. The third kappa shape index (κ3) is 3.62. The Morgan fingerprint density at radius 3 is 2.05 bits per heavy atom. The van der Waals surface area contributed by atoms with Crippen LogP contribution in [0.2, 0.25) is 0 Å². The van der Waals surface area contributed by atoms with Gasteiger partial charge in [0.05, 0.1) is 0 Å². The number of hydrogen-bond acceptors (Lipinski definition) is 4. The van der Waals surface area contributed by atoms with Crippen molar-refractivity contribution in [2.75, 3.05) is 32.7 Å². The van der Waals surface area contributed by atoms with E-state index in [9.17, 15) is 14.7 Å². The molecule has 0 aromatic heterocycles. The summed E-state index contributed by atoms with van der Waals surface area (Å²) in [6, 6.07) is 0. The lowest BCUT2D eigenvalue weighted by Crippen LogP contribution is -2.55. The van der Waals surface area contributed by atoms with Crippen molar-refractivity contribution in [3.8, 4) is 0 Å². The second-order valence-corrected chi connectivity index (χ2v) is 5.87. The minimum atomic E-state index is -1.14. The molecule has 2 rings (SSSR count). The SMILES string of the molecule is NCCC1CCC(C(=O)N2CCN(C(=O)[O-])CC2)CC1. The first-order valence-electron chi connectivity index (χ1n) is 7.56. The van der Waals surface area contributed by atoms with Crippen LogP contribution >= 0.6 is 0 Å². The molecule has 0 radical (unpaired) electrons. The van der Waals surface area contributed by atoms with E-state index in [4.69, 9.17) is 5.73 Å². The number of nitrogens with zero attached hydrogens (tertiary/aromatic N) is 2. The first kappa shape index (κ1) is 15.1. The minimum Gasteiger partial charge on any atom is -0.530 e. The van der Waals surface area contributed by atoms with Crippen molar-refractivity contribution in [3.05, 3.63) is 0 Å². The highest BCUT2D eigenvalue weighted by Crippen LogP contribution is 2.31. The first-order chi connectivity index (χ1) is 9.61. The molecule has 0 bridgehead atoms. The van der Waals surface area contributed by atoms with E-state index in [0.29, 0.717) is 32.1 Å². The highest BCUT2D eigenvalue weighted by atomic mass is 16.4. The summed E-state index contributed by atoms with van der Waals surface area (Å²) in [5.41, 5.74) is 5.58. The van der Waals surface area contributed by atoms with Crippen LogP contribution in [0.5, 0.6) is 0 Å². The summed E-state index contributed by atoms with van der Waals surface area (Å²) in [5.74, 6) is 1.01. The molecular weight excluding hydrogens is 258 g/mol. The molecule has 2 amide bonds. The van der Waals surface area contributed by atoms with Crippen molar-refractivity contribution in [1.82, 2.24) is 9.80 Å². The smallest absolute Gasteiger partial charge is 0.225 e. The topological polar surface area (TPSA) is 89.7 Å². The van der Waals surface area contributed by atoms with Crippen LogP contribution in [-0.2, 0) is 4.79 Å². The van der Waals surface area contributed by atoms with Crippen molar-refractivity contribution < 1.29 is 14.7 Å². The van der Waals surface area contributed by atoms with E-state index in [1.165, 1.54) is 4.90 Å². The van der Waals surface area contributed by atoms with Gasteiger partial charge in [-0.2, -0.15) is 0 Å². The summed E-state index contributed by atoms with van der Waals surface area (Å²) >= 11 is 0. The second-order valence-electron chi connectivity index (χ2n) is 5.87. The normalized spacial score (nSPS) is 27.4. The van der Waals surface area contributed by atoms with Crippen molar-refractivity contribution in [2.24, 2.45) is 17.6 Å². The van der Waals surface area contributed by atoms with E-state index in [1.807, 2.05) is 4.90 Å². The third-order valence-electron chi connectivity index (χ3n) is 4.62. The van der Waals surface area contributed by atoms with Crippen LogP contribution in [0.15, 0.2) is 0 Å². The van der Waals surface area contributed by atoms with Crippen LogP contribution in [0.3, 0.4) is 0 Å². The van der Waals surface area contributed by atoms with Crippen LogP contribution in [0.25, 0.3) is 0 Å². The Labute approximate surface area is 119 Å². The standard InChI is InChI=1S/C14H25N3O3/c15-6-5-11-1-3-12(4-2-11)13(18)16-7-9-17(10-8-16)14(19)20/h11-12H,1-10,15H2,(H,19,20)/p-1. The number of nitrogens with two attached hydrogens (primary N) is 1. The fourth-order valence-corrected chi connectivity index (χ4v) is 3.30. The summed E-state index contributed by atoms with van der Waals surface area (Å²) in [6.07, 6.45) is 4.00. The van der Waals surface area contributed by atoms with E-state index in [0.717, 1.165) is 38.6 Å². The largest absolute Gasteiger partial charge is 0.530 e. The average Bonchev–Trinajstić information content (AvgIpc) is 2.48. The van der Waals surface area contributed by atoms with Gasteiger partial charge in [-0.25, -0.2) is 0 Å². The summed E-state index contributed by atoms with van der Waals surface area (Å²) in [5, 5.41) is 10.7. The number of amides is 2. The van der Waals surface area contributed by atoms with Crippen molar-refractivity contribution in [1.29, 1.82) is 0 Å². The zero-order valence-electron chi connectivity index (χ0n) is 11.9. The van der Waals surface area contributed by atoms with Gasteiger partial charge in [0.25, 0.3) is 0 Å². The first-order valence-corrected chi connectivity index (χ1v) is 7.56. The molecule has 0 aromatic rings. The van der Waals surface area contributed by atoms with Gasteiger partial charge in [0.1, 0.15) is 6.09 Å². The summed E-state index contributed by atoms with van der Waals surface area (Å²) in [6.45, 7) is 2.47. The molecule has 6 heteroatoms. The Balaban J connectivity index is 1.77. The Hall–Kier alpha value is -1.30. The molecule has 0 unspecified atom stereocenters. The molecule has 2 N–H and O–H groups in total. The van der Waals surface area contributed by atoms with Crippen LogP contribution < -0.4 is 10.8 Å². The van der Waals surface area contributed by atoms with Gasteiger partial charge < -0.3 is 25.4 Å². The Morgan fingerprint density at radius 1 is 1.00 bits per heavy atom. The van der Waals surface area contributed by atoms with Gasteiger partial charge >= 0.3 is 0 Å². The molecule has 1 heterocycles. The van der Waals surface area contributed by atoms with E-state index in [2.05, 4.69) is 0 Å². The Morgan fingerprint density at radius 2 is 1.55 bits per heavy atom. The second kappa shape index (κ2) is 6.92. The van der Waals surface area contributed by atoms with Gasteiger partial charge in [-0.15, -0.1) is 0 Å². The lowest BCUT2D eigenvalue weighted by Gasteiger charge is -2.38. The molecule has 6 nitrogen and oxygen atoms in total. The van der Waals surface area contributed by atoms with E-state index < -0.39 is 6.09 Å². The van der Waals surface area contributed by atoms with E-state index >= 15 is 0 Å². The predicted octanol–water partition coefficient (Wildman–Crippen LogP) is -0.371. The molecule has 1 saturated carbocycles. The Bertz CT molecular complexity index is 346. The molecule has 1 aliphatic heterocycles. The fraction of sp³-hybridized carbons (Fsp3) is 0.857. The van der Waals surface area contributed by atoms with Crippen LogP contribution in [0, 0.1) is 11.8 Å². The lowest BCUT2D eigenvalue weighted by atomic mass is 9.80. The monoisotopic (exact) mass is 282 g/mol. The zero-order valence-corrected chi connectivity index (χ0v) is 11.9. The number of carbonyl (C=O) groups excluding carboxylic acids is 2. The number of hydrogen-bond donors (Lipinski definition) is 1. The number of carboxylic acid groups (broad SMARTS) is 1. The third-order valence-corrected chi connectivity index (χ3v) is 4.62. The number of carbonyl (C=O) groups is 2. The van der Waals surface area contributed by atoms with Crippen molar-refractivity contribution in [2.45, 2.75) is 32.1 Å². The van der Waals surface area contributed by atoms with Gasteiger partial charge in [-0.1, -0.05) is 0 Å². The lowest BCUT2D eigenvalue weighted by molar-refractivity contribution is -0.266. The average molecular weight is 282 g/mol. The summed E-state index contributed by atoms with van der Waals surface area (Å²) < 4.78 is 0. The molecule has 2 aliphatic rings. The summed E-state index contributed by atoms with van der Waals surface area (Å²) in [4.78, 5) is 26.2. The van der Waals surface area contributed by atoms with Crippen LogP contribution in [0.1, 0.15) is 32.1 Å². The Kier molecular flexibility index (Phi) is 5.23. The van der Waals surface area contributed by atoms with Gasteiger partial charge in [-0.3, -0.25) is 4.79 Å². The van der Waals surface area contributed by atoms with Crippen LogP contribution in [0.4, 0.5) is 4.79 Å². The van der Waals surface area contributed by atoms with E-state index in [-0.39, 0.29) is 11.8 Å². The zero-order chi connectivity index (χ0) is 14.5. The molecule has 114 valence electrons. The number of piperazine rings is 1. The molecular formula is C14H24N3O3-. The van der Waals surface area contributed by atoms with Gasteiger partial charge in [0.2, 0.25) is 5.91 Å². The molecule has 0 aromatic carbocycles. The molecule has 20 heavy (non-hydrogen) atoms. The fourth-order valence-electron chi connectivity index (χ4n) is 3.30. The highest BCUT2D eigenvalue weighted by Gasteiger charge is 2.30. The highest BCUT2D eigenvalue weighted by molar-refractivity contribution is 5.79. The maximum Gasteiger partial charge on any atom is 0.225 e. The quantitative estimate of drug-likeness (QED) is 0.764. The van der Waals surface area contributed by atoms with Gasteiger partial charge in [-0.05, 0) is 44.6 Å². The number of rotatable bonds is 3. The maximum atomic E-state index is 12.4. The van der Waals surface area contributed by atoms with Crippen molar-refractivity contribution >= 4 is 12.0 Å². The molecule has 2 fully saturated rings. The molecule has 0 atom stereocenters. The predicted molar refractivity (Wildman–Crippen MR) is 72.7 cm³/mol. The van der Waals surface area contributed by atoms with E-state index in [1.54, 1.807) is 0 Å². The molecule has 0 spiro atoms. The molecule has 1 aliphatic carbocycles. The van der Waals surface area contributed by atoms with Crippen LogP contribution in [-0.4, -0.2) is 54.5 Å². The van der Waals surface area contributed by atoms with Crippen molar-refractivity contribution in [3.63, 3.8) is 0 Å². The van der Waals surface area contributed by atoms with Gasteiger partial charge in [0.15, 0.2) is 0 Å². The minimum absolute atomic E-state index is 0.124. The molecule has 1 saturated heterocycles. The van der Waals surface area contributed by atoms with Gasteiger partial charge in [0, 0.05) is 32.1 Å². The maximum absolute atomic E-state index is 12.4.